The Morgan fingerprint density at radius 2 is 2.04 bits per heavy atom. The van der Waals surface area contributed by atoms with Crippen LogP contribution in [0.5, 0.6) is 0 Å². The quantitative estimate of drug-likeness (QED) is 0.754. The lowest BCUT2D eigenvalue weighted by Gasteiger charge is -2.23. The van der Waals surface area contributed by atoms with Crippen LogP contribution in [0.25, 0.3) is 0 Å². The van der Waals surface area contributed by atoms with Crippen molar-refractivity contribution in [3.05, 3.63) is 47.5 Å². The molecule has 6 heteroatoms. The molecular formula is C19H24FN5. The van der Waals surface area contributed by atoms with E-state index in [2.05, 4.69) is 35.5 Å². The predicted octanol–water partition coefficient (Wildman–Crippen LogP) is 3.58. The summed E-state index contributed by atoms with van der Waals surface area (Å²) in [7, 11) is 1.91. The van der Waals surface area contributed by atoms with E-state index in [-0.39, 0.29) is 0 Å². The van der Waals surface area contributed by atoms with Crippen molar-refractivity contribution in [2.45, 2.75) is 26.8 Å². The van der Waals surface area contributed by atoms with Crippen molar-refractivity contribution in [3.63, 3.8) is 0 Å². The second-order valence-electron chi connectivity index (χ2n) is 6.34. The van der Waals surface area contributed by atoms with Crippen molar-refractivity contribution in [1.82, 2.24) is 10.3 Å². The van der Waals surface area contributed by atoms with Gasteiger partial charge in [-0.15, -0.1) is 0 Å². The molecule has 2 N–H and O–H groups in total. The third-order valence-corrected chi connectivity index (χ3v) is 3.82. The molecule has 5 nitrogen and oxygen atoms in total. The molecule has 0 aliphatic rings. The summed E-state index contributed by atoms with van der Waals surface area (Å²) in [6.45, 7) is 7.60. The van der Waals surface area contributed by atoms with Gasteiger partial charge in [0.25, 0.3) is 0 Å². The fourth-order valence-corrected chi connectivity index (χ4v) is 2.48. The molecular weight excluding hydrogens is 317 g/mol. The van der Waals surface area contributed by atoms with Gasteiger partial charge in [-0.25, -0.2) is 4.98 Å². The fraction of sp³-hybridized carbons (Fsp3) is 0.368. The Kier molecular flexibility index (Phi) is 6.31. The van der Waals surface area contributed by atoms with E-state index < -0.39 is 5.95 Å². The van der Waals surface area contributed by atoms with Crippen LogP contribution < -0.4 is 15.5 Å². The second kappa shape index (κ2) is 8.45. The average molecular weight is 341 g/mol. The predicted molar refractivity (Wildman–Crippen MR) is 99.8 cm³/mol. The fourth-order valence-electron chi connectivity index (χ4n) is 2.48. The van der Waals surface area contributed by atoms with Crippen LogP contribution in [-0.4, -0.2) is 31.2 Å². The van der Waals surface area contributed by atoms with Crippen LogP contribution in [0.2, 0.25) is 0 Å². The molecule has 0 spiro atoms. The first-order valence-electron chi connectivity index (χ1n) is 8.28. The number of nitriles is 1. The summed E-state index contributed by atoms with van der Waals surface area (Å²) in [5.41, 5.74) is 3.59. The van der Waals surface area contributed by atoms with Crippen molar-refractivity contribution < 1.29 is 4.39 Å². The van der Waals surface area contributed by atoms with Gasteiger partial charge >= 0.3 is 0 Å². The number of halogens is 1. The average Bonchev–Trinajstić information content (AvgIpc) is 2.57. The molecule has 0 saturated heterocycles. The number of benzene rings is 1. The van der Waals surface area contributed by atoms with Gasteiger partial charge in [-0.3, -0.25) is 0 Å². The number of aromatic nitrogens is 1. The number of aryl methyl sites for hydroxylation is 1. The highest BCUT2D eigenvalue weighted by Gasteiger charge is 2.12. The minimum atomic E-state index is -0.534. The summed E-state index contributed by atoms with van der Waals surface area (Å²) >= 11 is 0. The first kappa shape index (κ1) is 18.7. The number of hydrogen-bond acceptors (Lipinski definition) is 5. The molecule has 25 heavy (non-hydrogen) atoms. The Labute approximate surface area is 148 Å². The zero-order chi connectivity index (χ0) is 18.4. The molecule has 2 rings (SSSR count). The molecule has 0 saturated carbocycles. The molecule has 0 aliphatic carbocycles. The summed E-state index contributed by atoms with van der Waals surface area (Å²) in [6.07, 6.45) is 1.46. The number of likely N-dealkylation sites (N-methyl/N-ethyl adjacent to an activating group) is 1. The Hall–Kier alpha value is -2.65. The van der Waals surface area contributed by atoms with E-state index in [9.17, 15) is 9.65 Å². The van der Waals surface area contributed by atoms with Crippen LogP contribution in [0.3, 0.4) is 0 Å². The Morgan fingerprint density at radius 1 is 1.28 bits per heavy atom. The SMILES string of the molecule is Cc1ccc(Nc2cnc(F)cc2N(C)CCNC(C)C)c(C#N)c1. The molecule has 0 amide bonds. The maximum atomic E-state index is 13.7. The lowest BCUT2D eigenvalue weighted by Crippen LogP contribution is -2.33. The van der Waals surface area contributed by atoms with Gasteiger partial charge in [0.05, 0.1) is 28.8 Å². The molecule has 1 aromatic carbocycles. The first-order chi connectivity index (χ1) is 11.9. The van der Waals surface area contributed by atoms with Crippen LogP contribution in [-0.2, 0) is 0 Å². The lowest BCUT2D eigenvalue weighted by atomic mass is 10.1. The van der Waals surface area contributed by atoms with Crippen LogP contribution >= 0.6 is 0 Å². The topological polar surface area (TPSA) is 64.0 Å². The number of nitrogens with zero attached hydrogens (tertiary/aromatic N) is 3. The van der Waals surface area contributed by atoms with Gasteiger partial charge in [-0.1, -0.05) is 19.9 Å². The summed E-state index contributed by atoms with van der Waals surface area (Å²) < 4.78 is 13.7. The Morgan fingerprint density at radius 3 is 2.72 bits per heavy atom. The Balaban J connectivity index is 2.25. The van der Waals surface area contributed by atoms with Crippen molar-refractivity contribution in [2.75, 3.05) is 30.4 Å². The molecule has 0 atom stereocenters. The zero-order valence-corrected chi connectivity index (χ0v) is 15.1. The largest absolute Gasteiger partial charge is 0.371 e. The molecule has 0 fully saturated rings. The molecule has 0 bridgehead atoms. The van der Waals surface area contributed by atoms with Crippen molar-refractivity contribution in [1.29, 1.82) is 5.26 Å². The maximum absolute atomic E-state index is 13.7. The highest BCUT2D eigenvalue weighted by Crippen LogP contribution is 2.29. The molecule has 2 aromatic rings. The number of pyridine rings is 1. The Bertz CT molecular complexity index is 767. The van der Waals surface area contributed by atoms with E-state index in [1.54, 1.807) is 0 Å². The zero-order valence-electron chi connectivity index (χ0n) is 15.1. The second-order valence-corrected chi connectivity index (χ2v) is 6.34. The standard InChI is InChI=1S/C19H24FN5/c1-13(2)22-7-8-25(4)18-10-19(20)23-12-17(18)24-16-6-5-14(3)9-15(16)11-21/h5-6,9-10,12-13,22,24H,7-8H2,1-4H3. The van der Waals surface area contributed by atoms with Crippen LogP contribution in [0.1, 0.15) is 25.0 Å². The molecule has 0 aliphatic heterocycles. The van der Waals surface area contributed by atoms with Gasteiger partial charge in [0, 0.05) is 32.2 Å². The summed E-state index contributed by atoms with van der Waals surface area (Å²) in [5, 5.41) is 15.9. The first-order valence-corrected chi connectivity index (χ1v) is 8.28. The molecule has 1 heterocycles. The van der Waals surface area contributed by atoms with E-state index >= 15 is 0 Å². The van der Waals surface area contributed by atoms with Gasteiger partial charge in [0.2, 0.25) is 5.95 Å². The van der Waals surface area contributed by atoms with E-state index in [4.69, 9.17) is 0 Å². The highest BCUT2D eigenvalue weighted by atomic mass is 19.1. The van der Waals surface area contributed by atoms with Crippen molar-refractivity contribution in [3.8, 4) is 6.07 Å². The van der Waals surface area contributed by atoms with Gasteiger partial charge in [0.1, 0.15) is 6.07 Å². The summed E-state index contributed by atoms with van der Waals surface area (Å²) in [6, 6.07) is 9.57. The van der Waals surface area contributed by atoms with Crippen LogP contribution in [0.4, 0.5) is 21.5 Å². The van der Waals surface area contributed by atoms with Crippen LogP contribution in [0, 0.1) is 24.2 Å². The molecule has 1 aromatic heterocycles. The van der Waals surface area contributed by atoms with E-state index in [1.165, 1.54) is 12.3 Å². The van der Waals surface area contributed by atoms with Gasteiger partial charge in [-0.2, -0.15) is 9.65 Å². The van der Waals surface area contributed by atoms with Gasteiger partial charge in [-0.05, 0) is 24.6 Å². The van der Waals surface area contributed by atoms with E-state index in [0.29, 0.717) is 28.7 Å². The summed E-state index contributed by atoms with van der Waals surface area (Å²) in [4.78, 5) is 5.71. The molecule has 0 unspecified atom stereocenters. The number of nitrogens with one attached hydrogen (secondary N) is 2. The normalized spacial score (nSPS) is 10.6. The van der Waals surface area contributed by atoms with E-state index in [0.717, 1.165) is 18.7 Å². The van der Waals surface area contributed by atoms with Crippen LogP contribution in [0.15, 0.2) is 30.5 Å². The minimum absolute atomic E-state index is 0.394. The lowest BCUT2D eigenvalue weighted by molar-refractivity contribution is 0.578. The minimum Gasteiger partial charge on any atom is -0.371 e. The monoisotopic (exact) mass is 341 g/mol. The van der Waals surface area contributed by atoms with Crippen molar-refractivity contribution in [2.24, 2.45) is 0 Å². The van der Waals surface area contributed by atoms with Gasteiger partial charge < -0.3 is 15.5 Å². The smallest absolute Gasteiger partial charge is 0.215 e. The third kappa shape index (κ3) is 5.16. The highest BCUT2D eigenvalue weighted by molar-refractivity contribution is 5.76. The number of rotatable bonds is 7. The van der Waals surface area contributed by atoms with Crippen molar-refractivity contribution >= 4 is 17.1 Å². The number of hydrogen-bond donors (Lipinski definition) is 2. The van der Waals surface area contributed by atoms with Gasteiger partial charge in [0.15, 0.2) is 0 Å². The summed E-state index contributed by atoms with van der Waals surface area (Å²) in [5.74, 6) is -0.534. The maximum Gasteiger partial charge on any atom is 0.215 e. The third-order valence-electron chi connectivity index (χ3n) is 3.82. The number of anilines is 3. The molecule has 0 radical (unpaired) electrons. The molecule has 132 valence electrons. The van der Waals surface area contributed by atoms with E-state index in [1.807, 2.05) is 37.1 Å².